The van der Waals surface area contributed by atoms with Crippen LogP contribution < -0.4 is 5.32 Å². The Morgan fingerprint density at radius 2 is 1.83 bits per heavy atom. The zero-order valence-corrected chi connectivity index (χ0v) is 10.9. The Labute approximate surface area is 107 Å². The van der Waals surface area contributed by atoms with Crippen LogP contribution in [0.3, 0.4) is 0 Å². The van der Waals surface area contributed by atoms with Crippen LogP contribution in [0.25, 0.3) is 10.8 Å². The third-order valence-electron chi connectivity index (χ3n) is 4.17. The molecule has 1 unspecified atom stereocenters. The highest BCUT2D eigenvalue weighted by Crippen LogP contribution is 2.38. The van der Waals surface area contributed by atoms with Crippen molar-refractivity contribution in [3.8, 4) is 0 Å². The third kappa shape index (κ3) is 1.45. The molecular weight excluding hydrogens is 222 g/mol. The molecule has 1 amide bonds. The first-order valence-electron chi connectivity index (χ1n) is 6.35. The fraction of sp³-hybridized carbons (Fsp3) is 0.312. The van der Waals surface area contributed by atoms with Gasteiger partial charge in [0.05, 0.1) is 0 Å². The Kier molecular flexibility index (Phi) is 2.24. The van der Waals surface area contributed by atoms with E-state index in [1.807, 2.05) is 24.3 Å². The van der Waals surface area contributed by atoms with E-state index in [4.69, 9.17) is 0 Å². The van der Waals surface area contributed by atoms with Crippen molar-refractivity contribution in [2.45, 2.75) is 32.2 Å². The lowest BCUT2D eigenvalue weighted by Gasteiger charge is -2.39. The number of carbonyl (C=O) groups is 1. The van der Waals surface area contributed by atoms with Gasteiger partial charge in [-0.3, -0.25) is 4.79 Å². The summed E-state index contributed by atoms with van der Waals surface area (Å²) in [4.78, 5) is 12.2. The van der Waals surface area contributed by atoms with Crippen molar-refractivity contribution in [3.05, 3.63) is 47.5 Å². The number of fused-ring (bicyclic) bond motifs is 3. The molecule has 0 spiro atoms. The quantitative estimate of drug-likeness (QED) is 0.749. The van der Waals surface area contributed by atoms with E-state index in [0.717, 1.165) is 5.56 Å². The van der Waals surface area contributed by atoms with E-state index >= 15 is 0 Å². The summed E-state index contributed by atoms with van der Waals surface area (Å²) in [6.45, 7) is 6.35. The average Bonchev–Trinajstić information content (AvgIpc) is 2.34. The topological polar surface area (TPSA) is 29.1 Å². The molecule has 92 valence electrons. The minimum atomic E-state index is -0.200. The van der Waals surface area contributed by atoms with Crippen LogP contribution in [0, 0.1) is 0 Å². The van der Waals surface area contributed by atoms with Crippen molar-refractivity contribution in [2.24, 2.45) is 0 Å². The van der Waals surface area contributed by atoms with Crippen molar-refractivity contribution < 1.29 is 4.79 Å². The van der Waals surface area contributed by atoms with E-state index in [1.165, 1.54) is 16.3 Å². The van der Waals surface area contributed by atoms with Crippen LogP contribution in [0.4, 0.5) is 0 Å². The summed E-state index contributed by atoms with van der Waals surface area (Å²) < 4.78 is 0. The Bertz CT molecular complexity index is 643. The van der Waals surface area contributed by atoms with Gasteiger partial charge in [0.15, 0.2) is 0 Å². The first kappa shape index (κ1) is 11.3. The molecule has 0 bridgehead atoms. The van der Waals surface area contributed by atoms with Crippen LogP contribution in [-0.4, -0.2) is 11.4 Å². The van der Waals surface area contributed by atoms with Gasteiger partial charge in [-0.05, 0) is 36.2 Å². The fourth-order valence-corrected chi connectivity index (χ4v) is 2.79. The number of amides is 1. The maximum Gasteiger partial charge on any atom is 0.252 e. The smallest absolute Gasteiger partial charge is 0.252 e. The molecule has 0 saturated heterocycles. The fourth-order valence-electron chi connectivity index (χ4n) is 2.79. The monoisotopic (exact) mass is 239 g/mol. The van der Waals surface area contributed by atoms with Crippen molar-refractivity contribution in [3.63, 3.8) is 0 Å². The van der Waals surface area contributed by atoms with Crippen LogP contribution in [0.5, 0.6) is 0 Å². The summed E-state index contributed by atoms with van der Waals surface area (Å²) in [5.74, 6) is 0.343. The molecule has 18 heavy (non-hydrogen) atoms. The van der Waals surface area contributed by atoms with Gasteiger partial charge in [0.2, 0.25) is 0 Å². The maximum atomic E-state index is 12.2. The summed E-state index contributed by atoms with van der Waals surface area (Å²) >= 11 is 0. The van der Waals surface area contributed by atoms with E-state index in [1.54, 1.807) is 0 Å². The molecule has 1 heterocycles. The van der Waals surface area contributed by atoms with Gasteiger partial charge in [0.25, 0.3) is 5.91 Å². The van der Waals surface area contributed by atoms with Gasteiger partial charge in [-0.15, -0.1) is 0 Å². The first-order chi connectivity index (χ1) is 8.50. The lowest BCUT2D eigenvalue weighted by molar-refractivity contribution is 0.0882. The minimum Gasteiger partial charge on any atom is -0.347 e. The Hall–Kier alpha value is -1.83. The molecular formula is C16H17NO. The highest BCUT2D eigenvalue weighted by molar-refractivity contribution is 6.03. The predicted octanol–water partition coefficient (Wildman–Crippen LogP) is 3.47. The van der Waals surface area contributed by atoms with Crippen LogP contribution in [0.2, 0.25) is 0 Å². The molecule has 3 rings (SSSR count). The molecule has 0 radical (unpaired) electrons. The lowest BCUT2D eigenvalue weighted by atomic mass is 9.76. The number of rotatable bonds is 0. The molecule has 2 aromatic rings. The van der Waals surface area contributed by atoms with E-state index in [2.05, 4.69) is 38.2 Å². The maximum absolute atomic E-state index is 12.2. The second-order valence-electron chi connectivity index (χ2n) is 5.65. The summed E-state index contributed by atoms with van der Waals surface area (Å²) in [5, 5.41) is 5.49. The van der Waals surface area contributed by atoms with Gasteiger partial charge in [0, 0.05) is 17.0 Å². The zero-order valence-electron chi connectivity index (χ0n) is 10.9. The van der Waals surface area contributed by atoms with Gasteiger partial charge < -0.3 is 5.32 Å². The lowest BCUT2D eigenvalue weighted by Crippen LogP contribution is -2.51. The van der Waals surface area contributed by atoms with Crippen molar-refractivity contribution >= 4 is 16.7 Å². The van der Waals surface area contributed by atoms with Gasteiger partial charge in [-0.1, -0.05) is 37.3 Å². The second kappa shape index (κ2) is 3.58. The molecule has 0 aliphatic carbocycles. The summed E-state index contributed by atoms with van der Waals surface area (Å²) in [6, 6.07) is 12.3. The second-order valence-corrected chi connectivity index (χ2v) is 5.65. The normalized spacial score (nSPS) is 21.5. The van der Waals surface area contributed by atoms with Crippen LogP contribution >= 0.6 is 0 Å². The van der Waals surface area contributed by atoms with Gasteiger partial charge >= 0.3 is 0 Å². The molecule has 2 aromatic carbocycles. The Morgan fingerprint density at radius 1 is 1.11 bits per heavy atom. The summed E-state index contributed by atoms with van der Waals surface area (Å²) in [6.07, 6.45) is 0. The van der Waals surface area contributed by atoms with Crippen LogP contribution in [-0.2, 0) is 0 Å². The van der Waals surface area contributed by atoms with Gasteiger partial charge in [0.1, 0.15) is 0 Å². The van der Waals surface area contributed by atoms with Gasteiger partial charge in [-0.25, -0.2) is 0 Å². The SMILES string of the molecule is CC1c2c(ccc3ccccc23)C(=O)NC1(C)C. The molecule has 1 aliphatic rings. The number of nitrogens with one attached hydrogen (secondary N) is 1. The largest absolute Gasteiger partial charge is 0.347 e. The van der Waals surface area contributed by atoms with E-state index in [0.29, 0.717) is 5.92 Å². The minimum absolute atomic E-state index is 0.0406. The summed E-state index contributed by atoms with van der Waals surface area (Å²) in [5.41, 5.74) is 1.80. The van der Waals surface area contributed by atoms with Crippen molar-refractivity contribution in [1.82, 2.24) is 5.32 Å². The van der Waals surface area contributed by atoms with Crippen LogP contribution in [0.1, 0.15) is 42.6 Å². The molecule has 1 aliphatic heterocycles. The molecule has 0 saturated carbocycles. The standard InChI is InChI=1S/C16H17NO/c1-10-14-12-7-5-4-6-11(12)8-9-13(14)15(18)17-16(10,2)3/h4-10H,1-3H3,(H,17,18). The van der Waals surface area contributed by atoms with E-state index < -0.39 is 0 Å². The van der Waals surface area contributed by atoms with E-state index in [-0.39, 0.29) is 11.4 Å². The molecule has 2 heteroatoms. The molecule has 1 N–H and O–H groups in total. The molecule has 0 aromatic heterocycles. The molecule has 0 fully saturated rings. The van der Waals surface area contributed by atoms with Crippen molar-refractivity contribution in [2.75, 3.05) is 0 Å². The van der Waals surface area contributed by atoms with Crippen LogP contribution in [0.15, 0.2) is 36.4 Å². The number of hydrogen-bond donors (Lipinski definition) is 1. The Balaban J connectivity index is 2.38. The highest BCUT2D eigenvalue weighted by atomic mass is 16.1. The number of carbonyl (C=O) groups excluding carboxylic acids is 1. The number of hydrogen-bond acceptors (Lipinski definition) is 1. The molecule has 2 nitrogen and oxygen atoms in total. The predicted molar refractivity (Wildman–Crippen MR) is 73.9 cm³/mol. The first-order valence-corrected chi connectivity index (χ1v) is 6.35. The average molecular weight is 239 g/mol. The summed E-state index contributed by atoms with van der Waals surface area (Å²) in [7, 11) is 0. The van der Waals surface area contributed by atoms with Gasteiger partial charge in [-0.2, -0.15) is 0 Å². The number of benzene rings is 2. The highest BCUT2D eigenvalue weighted by Gasteiger charge is 2.37. The van der Waals surface area contributed by atoms with Crippen molar-refractivity contribution in [1.29, 1.82) is 0 Å². The van der Waals surface area contributed by atoms with E-state index in [9.17, 15) is 4.79 Å². The third-order valence-corrected chi connectivity index (χ3v) is 4.17. The Morgan fingerprint density at radius 3 is 2.61 bits per heavy atom. The zero-order chi connectivity index (χ0) is 12.9. The molecule has 1 atom stereocenters.